The number of aromatic amines is 1. The molecule has 0 radical (unpaired) electrons. The number of nitrogens with one attached hydrogen (secondary N) is 2. The number of esters is 1. The van der Waals surface area contributed by atoms with Gasteiger partial charge in [-0.05, 0) is 73.7 Å². The molecule has 9 nitrogen and oxygen atoms in total. The maximum Gasteiger partial charge on any atom is 0.350 e. The van der Waals surface area contributed by atoms with Crippen molar-refractivity contribution in [1.82, 2.24) is 15.3 Å². The predicted molar refractivity (Wildman–Crippen MR) is 203 cm³/mol. The number of nitrogens with zero attached hydrogens (tertiary/aromatic N) is 3. The summed E-state index contributed by atoms with van der Waals surface area (Å²) in [6.07, 6.45) is 4.84. The van der Waals surface area contributed by atoms with E-state index in [9.17, 15) is 9.59 Å². The Bertz CT molecular complexity index is 1980. The zero-order valence-corrected chi connectivity index (χ0v) is 29.3. The lowest BCUT2D eigenvalue weighted by Gasteiger charge is -2.20. The van der Waals surface area contributed by atoms with Crippen LogP contribution in [0.15, 0.2) is 114 Å². The summed E-state index contributed by atoms with van der Waals surface area (Å²) < 4.78 is 4.81. The molecule has 0 fully saturated rings. The highest BCUT2D eigenvalue weighted by molar-refractivity contribution is 6.04. The second kappa shape index (κ2) is 16.6. The average molecular weight is 682 g/mol. The predicted octanol–water partition coefficient (Wildman–Crippen LogP) is 7.69. The SMILES string of the molecule is CCN(CC)c1ccc(-c2nc(-c3ccc(C4=NOC(C(=O)OC)C4)cc3)c(-c3ccc(C=CC(=O)NCCCc4ccccc4)cc3)[nH]2)cc1. The summed E-state index contributed by atoms with van der Waals surface area (Å²) in [7, 11) is 1.34. The standard InChI is InChI=1S/C42H43N5O4/c1-4-47(5-2)35-24-22-34(23-25-35)41-44-39(40(45-41)33-20-18-31(19-21-33)36-28-37(51-46-36)42(49)50-3)32-16-13-30(14-17-32)15-26-38(48)43-27-9-12-29-10-7-6-8-11-29/h6-8,10-11,13-26,37H,4-5,9,12,27-28H2,1-3H3,(H,43,48)(H,44,45). The van der Waals surface area contributed by atoms with Crippen LogP contribution in [0, 0.1) is 0 Å². The summed E-state index contributed by atoms with van der Waals surface area (Å²) in [4.78, 5) is 40.7. The van der Waals surface area contributed by atoms with E-state index in [1.807, 2.05) is 72.8 Å². The lowest BCUT2D eigenvalue weighted by Crippen LogP contribution is -2.22. The number of ether oxygens (including phenoxy) is 1. The maximum absolute atomic E-state index is 12.5. The molecule has 6 rings (SSSR count). The van der Waals surface area contributed by atoms with Crippen LogP contribution in [0.2, 0.25) is 0 Å². The molecule has 2 N–H and O–H groups in total. The van der Waals surface area contributed by atoms with Gasteiger partial charge in [0, 0.05) is 54.5 Å². The van der Waals surface area contributed by atoms with E-state index in [0.29, 0.717) is 18.7 Å². The molecule has 1 unspecified atom stereocenters. The Labute approximate surface area is 299 Å². The molecule has 0 spiro atoms. The molecule has 4 aromatic carbocycles. The van der Waals surface area contributed by atoms with Gasteiger partial charge in [0.25, 0.3) is 0 Å². The van der Waals surface area contributed by atoms with Gasteiger partial charge in [0.15, 0.2) is 0 Å². The van der Waals surface area contributed by atoms with Crippen LogP contribution in [-0.4, -0.2) is 60.4 Å². The van der Waals surface area contributed by atoms with Crippen LogP contribution in [0.25, 0.3) is 40.0 Å². The molecule has 0 aliphatic carbocycles. The van der Waals surface area contributed by atoms with Crippen molar-refractivity contribution in [3.05, 3.63) is 126 Å². The monoisotopic (exact) mass is 681 g/mol. The first-order chi connectivity index (χ1) is 24.9. The first kappa shape index (κ1) is 34.9. The Morgan fingerprint density at radius 3 is 2.24 bits per heavy atom. The van der Waals surface area contributed by atoms with Gasteiger partial charge in [-0.15, -0.1) is 0 Å². The number of benzene rings is 4. The van der Waals surface area contributed by atoms with Crippen molar-refractivity contribution in [3.8, 4) is 33.9 Å². The maximum atomic E-state index is 12.5. The van der Waals surface area contributed by atoms with E-state index < -0.39 is 12.1 Å². The highest BCUT2D eigenvalue weighted by atomic mass is 16.7. The molecule has 5 aromatic rings. The van der Waals surface area contributed by atoms with Crippen molar-refractivity contribution in [2.24, 2.45) is 5.16 Å². The van der Waals surface area contributed by atoms with Crippen LogP contribution in [-0.2, 0) is 25.6 Å². The van der Waals surface area contributed by atoms with Gasteiger partial charge in [-0.25, -0.2) is 9.78 Å². The third-order valence-corrected chi connectivity index (χ3v) is 9.01. The van der Waals surface area contributed by atoms with Gasteiger partial charge in [0.2, 0.25) is 12.0 Å². The third kappa shape index (κ3) is 8.62. The normalized spacial score (nSPS) is 13.9. The first-order valence-corrected chi connectivity index (χ1v) is 17.4. The van der Waals surface area contributed by atoms with Crippen LogP contribution in [0.4, 0.5) is 5.69 Å². The van der Waals surface area contributed by atoms with Gasteiger partial charge in [0.05, 0.1) is 24.2 Å². The zero-order valence-electron chi connectivity index (χ0n) is 29.3. The molecular weight excluding hydrogens is 638 g/mol. The number of oxime groups is 1. The second-order valence-corrected chi connectivity index (χ2v) is 12.3. The summed E-state index contributed by atoms with van der Waals surface area (Å²) in [5, 5.41) is 7.10. The number of aromatic nitrogens is 2. The minimum absolute atomic E-state index is 0.112. The number of rotatable bonds is 14. The molecule has 9 heteroatoms. The Morgan fingerprint density at radius 2 is 1.55 bits per heavy atom. The Balaban J connectivity index is 1.20. The van der Waals surface area contributed by atoms with Crippen LogP contribution < -0.4 is 10.2 Å². The quantitative estimate of drug-likeness (QED) is 0.0707. The average Bonchev–Trinajstić information content (AvgIpc) is 3.86. The van der Waals surface area contributed by atoms with Crippen molar-refractivity contribution < 1.29 is 19.2 Å². The van der Waals surface area contributed by atoms with E-state index >= 15 is 0 Å². The van der Waals surface area contributed by atoms with Gasteiger partial charge < -0.3 is 24.8 Å². The lowest BCUT2D eigenvalue weighted by atomic mass is 10.00. The number of methoxy groups -OCH3 is 1. The van der Waals surface area contributed by atoms with E-state index in [-0.39, 0.29) is 5.91 Å². The fourth-order valence-electron chi connectivity index (χ4n) is 6.11. The van der Waals surface area contributed by atoms with Gasteiger partial charge in [0.1, 0.15) is 5.82 Å². The van der Waals surface area contributed by atoms with Crippen LogP contribution in [0.1, 0.15) is 43.4 Å². The van der Waals surface area contributed by atoms with Crippen molar-refractivity contribution in [2.45, 2.75) is 39.2 Å². The van der Waals surface area contributed by atoms with Crippen LogP contribution in [0.5, 0.6) is 0 Å². The Morgan fingerprint density at radius 1 is 0.882 bits per heavy atom. The summed E-state index contributed by atoms with van der Waals surface area (Å²) in [6, 6.07) is 34.7. The first-order valence-electron chi connectivity index (χ1n) is 17.4. The van der Waals surface area contributed by atoms with Crippen molar-refractivity contribution >= 4 is 29.4 Å². The molecule has 1 aliphatic rings. The van der Waals surface area contributed by atoms with Crippen molar-refractivity contribution in [1.29, 1.82) is 0 Å². The van der Waals surface area contributed by atoms with Gasteiger partial charge >= 0.3 is 5.97 Å². The molecule has 1 aromatic heterocycles. The number of carbonyl (C=O) groups excluding carboxylic acids is 2. The van der Waals surface area contributed by atoms with Crippen LogP contribution >= 0.6 is 0 Å². The molecule has 0 saturated heterocycles. The largest absolute Gasteiger partial charge is 0.466 e. The van der Waals surface area contributed by atoms with E-state index in [1.54, 1.807) is 6.08 Å². The van der Waals surface area contributed by atoms with Crippen molar-refractivity contribution in [2.75, 3.05) is 31.6 Å². The fraction of sp³-hybridized carbons (Fsp3) is 0.238. The number of aryl methyl sites for hydroxylation is 1. The Kier molecular flexibility index (Phi) is 11.4. The number of hydrogen-bond donors (Lipinski definition) is 2. The van der Waals surface area contributed by atoms with E-state index in [4.69, 9.17) is 14.6 Å². The minimum atomic E-state index is -0.726. The highest BCUT2D eigenvalue weighted by Gasteiger charge is 2.29. The molecular formula is C42H43N5O4. The topological polar surface area (TPSA) is 109 Å². The number of amides is 1. The summed E-state index contributed by atoms with van der Waals surface area (Å²) in [5.41, 5.74) is 9.47. The number of anilines is 1. The Hall–Kier alpha value is -5.96. The number of H-pyrrole nitrogens is 1. The molecule has 1 atom stereocenters. The molecule has 260 valence electrons. The number of imidazole rings is 1. The van der Waals surface area contributed by atoms with E-state index in [1.165, 1.54) is 18.4 Å². The summed E-state index contributed by atoms with van der Waals surface area (Å²) in [6.45, 7) is 6.81. The number of hydrogen-bond acceptors (Lipinski definition) is 7. The van der Waals surface area contributed by atoms with E-state index in [0.717, 1.165) is 71.0 Å². The zero-order chi connectivity index (χ0) is 35.6. The van der Waals surface area contributed by atoms with Crippen LogP contribution in [0.3, 0.4) is 0 Å². The third-order valence-electron chi connectivity index (χ3n) is 9.01. The van der Waals surface area contributed by atoms with E-state index in [2.05, 4.69) is 70.6 Å². The molecule has 0 saturated carbocycles. The van der Waals surface area contributed by atoms with Gasteiger partial charge in [-0.3, -0.25) is 4.79 Å². The molecule has 1 amide bonds. The number of carbonyl (C=O) groups is 2. The minimum Gasteiger partial charge on any atom is -0.466 e. The fourth-order valence-corrected chi connectivity index (χ4v) is 6.11. The second-order valence-electron chi connectivity index (χ2n) is 12.3. The van der Waals surface area contributed by atoms with Gasteiger partial charge in [-0.2, -0.15) is 0 Å². The smallest absolute Gasteiger partial charge is 0.350 e. The molecule has 2 heterocycles. The highest BCUT2D eigenvalue weighted by Crippen LogP contribution is 2.34. The van der Waals surface area contributed by atoms with Crippen molar-refractivity contribution in [3.63, 3.8) is 0 Å². The summed E-state index contributed by atoms with van der Waals surface area (Å²) in [5.74, 6) is 0.208. The van der Waals surface area contributed by atoms with Gasteiger partial charge in [-0.1, -0.05) is 84.0 Å². The molecule has 0 bridgehead atoms. The lowest BCUT2D eigenvalue weighted by molar-refractivity contribution is -0.152. The summed E-state index contributed by atoms with van der Waals surface area (Å²) >= 11 is 0. The molecule has 1 aliphatic heterocycles. The molecule has 51 heavy (non-hydrogen) atoms.